The molecule has 2 atom stereocenters. The first kappa shape index (κ1) is 14.7. The van der Waals surface area contributed by atoms with Crippen LogP contribution in [0, 0.1) is 11.3 Å². The van der Waals surface area contributed by atoms with Crippen molar-refractivity contribution in [1.82, 2.24) is 4.98 Å². The quantitative estimate of drug-likeness (QED) is 0.734. The van der Waals surface area contributed by atoms with Gasteiger partial charge < -0.3 is 9.47 Å². The molecule has 1 aliphatic rings. The molecule has 0 bridgehead atoms. The van der Waals surface area contributed by atoms with Crippen LogP contribution >= 0.6 is 11.3 Å². The van der Waals surface area contributed by atoms with Crippen molar-refractivity contribution in [2.24, 2.45) is 0 Å². The lowest BCUT2D eigenvalue weighted by molar-refractivity contribution is -0.128. The summed E-state index contributed by atoms with van der Waals surface area (Å²) in [6.07, 6.45) is -0.809. The van der Waals surface area contributed by atoms with E-state index in [0.717, 1.165) is 10.2 Å². The van der Waals surface area contributed by atoms with Crippen molar-refractivity contribution in [3.8, 4) is 17.6 Å². The van der Waals surface area contributed by atoms with E-state index in [-0.39, 0.29) is 12.4 Å². The number of ketones is 1. The Balaban J connectivity index is 1.62. The van der Waals surface area contributed by atoms with Crippen molar-refractivity contribution < 1.29 is 14.3 Å². The molecule has 0 saturated heterocycles. The summed E-state index contributed by atoms with van der Waals surface area (Å²) in [7, 11) is 0. The Kier molecular flexibility index (Phi) is 3.63. The molecule has 118 valence electrons. The van der Waals surface area contributed by atoms with Gasteiger partial charge in [-0.2, -0.15) is 5.26 Å². The van der Waals surface area contributed by atoms with Crippen LogP contribution in [0.2, 0.25) is 0 Å². The van der Waals surface area contributed by atoms with Gasteiger partial charge in [0.2, 0.25) is 5.78 Å². The third-order valence-corrected chi connectivity index (χ3v) is 4.90. The van der Waals surface area contributed by atoms with Gasteiger partial charge in [0.15, 0.2) is 23.5 Å². The molecule has 0 unspecified atom stereocenters. The number of hydrogen-bond donors (Lipinski definition) is 0. The minimum Gasteiger partial charge on any atom is -0.485 e. The molecule has 0 spiro atoms. The summed E-state index contributed by atoms with van der Waals surface area (Å²) in [6.45, 7) is 0.0962. The fraction of sp³-hybridized carbons (Fsp3) is 0.167. The van der Waals surface area contributed by atoms with Crippen LogP contribution < -0.4 is 9.47 Å². The van der Waals surface area contributed by atoms with Crippen LogP contribution in [0.5, 0.6) is 11.5 Å². The number of ether oxygens (including phenoxy) is 2. The summed E-state index contributed by atoms with van der Waals surface area (Å²) in [5, 5.41) is 9.99. The molecule has 24 heavy (non-hydrogen) atoms. The van der Waals surface area contributed by atoms with E-state index < -0.39 is 12.0 Å². The smallest absolute Gasteiger partial charge is 0.200 e. The third kappa shape index (κ3) is 2.49. The van der Waals surface area contributed by atoms with E-state index in [1.807, 2.05) is 36.4 Å². The van der Waals surface area contributed by atoms with Crippen LogP contribution in [0.15, 0.2) is 48.5 Å². The number of para-hydroxylation sites is 3. The number of thiazole rings is 1. The van der Waals surface area contributed by atoms with Gasteiger partial charge in [0, 0.05) is 0 Å². The maximum Gasteiger partial charge on any atom is 0.200 e. The second-order valence-electron chi connectivity index (χ2n) is 5.35. The molecule has 0 fully saturated rings. The molecule has 6 heteroatoms. The zero-order chi connectivity index (χ0) is 16.5. The van der Waals surface area contributed by atoms with E-state index in [1.165, 1.54) is 11.3 Å². The van der Waals surface area contributed by atoms with Gasteiger partial charge in [-0.1, -0.05) is 24.3 Å². The Morgan fingerprint density at radius 3 is 2.75 bits per heavy atom. The highest BCUT2D eigenvalue weighted by Gasteiger charge is 2.35. The molecule has 0 N–H and O–H groups in total. The molecular formula is C18H12N2O3S. The van der Waals surface area contributed by atoms with E-state index in [4.69, 9.17) is 9.47 Å². The van der Waals surface area contributed by atoms with Crippen LogP contribution in [0.25, 0.3) is 10.2 Å². The summed E-state index contributed by atoms with van der Waals surface area (Å²) in [6, 6.07) is 16.8. The average Bonchev–Trinajstić information content (AvgIpc) is 3.05. The molecule has 3 aromatic rings. The van der Waals surface area contributed by atoms with E-state index >= 15 is 0 Å². The molecule has 2 heterocycles. The SMILES string of the molecule is N#C[C@H](C(=O)[C@@H]1COc2ccccc2O1)c1nc2ccccc2s1. The molecule has 1 aliphatic heterocycles. The lowest BCUT2D eigenvalue weighted by Crippen LogP contribution is -2.39. The molecule has 4 rings (SSSR count). The number of fused-ring (bicyclic) bond motifs is 2. The predicted molar refractivity (Wildman–Crippen MR) is 89.3 cm³/mol. The standard InChI is InChI=1S/C18H12N2O3S/c19-9-11(18-20-12-5-1-4-8-16(12)24-18)17(21)15-10-22-13-6-2-3-7-14(13)23-15/h1-8,11,15H,10H2/t11-,15+/m1/s1. The molecule has 0 saturated carbocycles. The number of Topliss-reactive ketones (excluding diaryl/α,β-unsaturated/α-hetero) is 1. The second-order valence-corrected chi connectivity index (χ2v) is 6.41. The third-order valence-electron chi connectivity index (χ3n) is 3.80. The van der Waals surface area contributed by atoms with Gasteiger partial charge in [-0.05, 0) is 24.3 Å². The Morgan fingerprint density at radius 2 is 1.96 bits per heavy atom. The largest absolute Gasteiger partial charge is 0.485 e. The molecule has 0 radical (unpaired) electrons. The Labute approximate surface area is 142 Å². The predicted octanol–water partition coefficient (Wildman–Crippen LogP) is 3.31. The van der Waals surface area contributed by atoms with Gasteiger partial charge in [-0.25, -0.2) is 4.98 Å². The van der Waals surface area contributed by atoms with Crippen LogP contribution in [-0.4, -0.2) is 23.5 Å². The lowest BCUT2D eigenvalue weighted by Gasteiger charge is -2.26. The average molecular weight is 336 g/mol. The van der Waals surface area contributed by atoms with Gasteiger partial charge in [0.25, 0.3) is 0 Å². The summed E-state index contributed by atoms with van der Waals surface area (Å²) < 4.78 is 12.2. The van der Waals surface area contributed by atoms with Gasteiger partial charge in [0.1, 0.15) is 11.6 Å². The number of nitrogens with zero attached hydrogens (tertiary/aromatic N) is 2. The molecule has 0 aliphatic carbocycles. The number of carbonyl (C=O) groups is 1. The Morgan fingerprint density at radius 1 is 1.21 bits per heavy atom. The van der Waals surface area contributed by atoms with Gasteiger partial charge in [-0.15, -0.1) is 11.3 Å². The zero-order valence-corrected chi connectivity index (χ0v) is 13.3. The van der Waals surface area contributed by atoms with Crippen molar-refractivity contribution >= 4 is 27.3 Å². The number of benzene rings is 2. The maximum absolute atomic E-state index is 12.8. The van der Waals surface area contributed by atoms with Gasteiger partial charge >= 0.3 is 0 Å². The fourth-order valence-electron chi connectivity index (χ4n) is 2.60. The highest BCUT2D eigenvalue weighted by molar-refractivity contribution is 7.18. The Bertz CT molecular complexity index is 927. The molecule has 1 aromatic heterocycles. The van der Waals surface area contributed by atoms with Crippen molar-refractivity contribution in [2.75, 3.05) is 6.61 Å². The van der Waals surface area contributed by atoms with Crippen molar-refractivity contribution in [3.05, 3.63) is 53.5 Å². The van der Waals surface area contributed by atoms with Crippen LogP contribution in [0.4, 0.5) is 0 Å². The van der Waals surface area contributed by atoms with E-state index in [9.17, 15) is 10.1 Å². The van der Waals surface area contributed by atoms with E-state index in [2.05, 4.69) is 11.1 Å². The summed E-state index contributed by atoms with van der Waals surface area (Å²) in [4.78, 5) is 17.2. The topological polar surface area (TPSA) is 72.2 Å². The van der Waals surface area contributed by atoms with Gasteiger partial charge in [-0.3, -0.25) is 4.79 Å². The molecule has 0 amide bonds. The summed E-state index contributed by atoms with van der Waals surface area (Å²) in [5.41, 5.74) is 0.789. The van der Waals surface area contributed by atoms with Crippen molar-refractivity contribution in [2.45, 2.75) is 12.0 Å². The number of nitriles is 1. The lowest BCUT2D eigenvalue weighted by atomic mass is 10.0. The maximum atomic E-state index is 12.8. The Hall–Kier alpha value is -2.91. The zero-order valence-electron chi connectivity index (χ0n) is 12.5. The number of carbonyl (C=O) groups excluding carboxylic acids is 1. The first-order chi connectivity index (χ1) is 11.8. The highest BCUT2D eigenvalue weighted by atomic mass is 32.1. The second kappa shape index (κ2) is 5.95. The molecule has 5 nitrogen and oxygen atoms in total. The first-order valence-electron chi connectivity index (χ1n) is 7.43. The van der Waals surface area contributed by atoms with E-state index in [0.29, 0.717) is 16.5 Å². The van der Waals surface area contributed by atoms with Gasteiger partial charge in [0.05, 0.1) is 16.3 Å². The van der Waals surface area contributed by atoms with Crippen molar-refractivity contribution in [3.63, 3.8) is 0 Å². The number of rotatable bonds is 3. The fourth-order valence-corrected chi connectivity index (χ4v) is 3.62. The minimum atomic E-state index is -0.957. The van der Waals surface area contributed by atoms with Crippen LogP contribution in [0.3, 0.4) is 0 Å². The summed E-state index contributed by atoms with van der Waals surface area (Å²) >= 11 is 1.36. The molecular weight excluding hydrogens is 324 g/mol. The van der Waals surface area contributed by atoms with Crippen LogP contribution in [-0.2, 0) is 4.79 Å². The van der Waals surface area contributed by atoms with Crippen molar-refractivity contribution in [1.29, 1.82) is 5.26 Å². The first-order valence-corrected chi connectivity index (χ1v) is 8.25. The monoisotopic (exact) mass is 336 g/mol. The number of hydrogen-bond acceptors (Lipinski definition) is 6. The summed E-state index contributed by atoms with van der Waals surface area (Å²) in [5.74, 6) is -0.162. The highest BCUT2D eigenvalue weighted by Crippen LogP contribution is 2.34. The molecule has 2 aromatic carbocycles. The number of aromatic nitrogens is 1. The van der Waals surface area contributed by atoms with E-state index in [1.54, 1.807) is 12.1 Å². The normalized spacial score (nSPS) is 17.2. The van der Waals surface area contributed by atoms with Crippen LogP contribution in [0.1, 0.15) is 10.9 Å². The minimum absolute atomic E-state index is 0.0962.